The van der Waals surface area contributed by atoms with Gasteiger partial charge in [0.1, 0.15) is 0 Å². The number of ether oxygens (including phenoxy) is 1. The molecule has 0 saturated heterocycles. The number of hydrogen-bond acceptors (Lipinski definition) is 4. The number of carbonyl (C=O) groups is 1. The molecule has 0 radical (unpaired) electrons. The molecule has 1 aromatic carbocycles. The third kappa shape index (κ3) is 5.61. The maximum atomic E-state index is 11.7. The Hall–Kier alpha value is -1.75. The summed E-state index contributed by atoms with van der Waals surface area (Å²) in [6.07, 6.45) is 1.23. The highest BCUT2D eigenvalue weighted by Crippen LogP contribution is 2.28. The van der Waals surface area contributed by atoms with Gasteiger partial charge in [0.2, 0.25) is 5.91 Å². The van der Waals surface area contributed by atoms with E-state index in [-0.39, 0.29) is 11.7 Å². The number of benzene rings is 1. The molecule has 0 atom stereocenters. The van der Waals surface area contributed by atoms with Crippen molar-refractivity contribution in [1.29, 1.82) is 0 Å². The van der Waals surface area contributed by atoms with Crippen LogP contribution < -0.4 is 15.4 Å². The summed E-state index contributed by atoms with van der Waals surface area (Å²) in [4.78, 5) is 11.7. The minimum absolute atomic E-state index is 0.0155. The van der Waals surface area contributed by atoms with Crippen LogP contribution in [0.15, 0.2) is 18.2 Å². The lowest BCUT2D eigenvalue weighted by atomic mass is 10.2. The van der Waals surface area contributed by atoms with Crippen molar-refractivity contribution < 1.29 is 14.6 Å². The maximum absolute atomic E-state index is 11.7. The monoisotopic (exact) mass is 266 g/mol. The van der Waals surface area contributed by atoms with E-state index in [1.54, 1.807) is 12.1 Å². The van der Waals surface area contributed by atoms with Crippen LogP contribution in [0.3, 0.4) is 0 Å². The fourth-order valence-electron chi connectivity index (χ4n) is 1.63. The van der Waals surface area contributed by atoms with Crippen molar-refractivity contribution in [2.75, 3.05) is 19.0 Å². The van der Waals surface area contributed by atoms with Gasteiger partial charge >= 0.3 is 0 Å². The fourth-order valence-corrected chi connectivity index (χ4v) is 1.63. The molecule has 0 saturated carbocycles. The van der Waals surface area contributed by atoms with Crippen LogP contribution in [-0.4, -0.2) is 30.7 Å². The number of carbonyl (C=O) groups excluding carboxylic acids is 1. The summed E-state index contributed by atoms with van der Waals surface area (Å²) in [7, 11) is 1.48. The van der Waals surface area contributed by atoms with Crippen LogP contribution in [0.5, 0.6) is 11.5 Å². The van der Waals surface area contributed by atoms with Crippen molar-refractivity contribution >= 4 is 11.6 Å². The molecule has 0 fully saturated rings. The van der Waals surface area contributed by atoms with Crippen molar-refractivity contribution in [3.63, 3.8) is 0 Å². The summed E-state index contributed by atoms with van der Waals surface area (Å²) in [5.41, 5.74) is 0.570. The quantitative estimate of drug-likeness (QED) is 0.661. The summed E-state index contributed by atoms with van der Waals surface area (Å²) in [6, 6.07) is 5.22. The van der Waals surface area contributed by atoms with Gasteiger partial charge in [0.05, 0.1) is 7.11 Å². The summed E-state index contributed by atoms with van der Waals surface area (Å²) < 4.78 is 4.94. The summed E-state index contributed by atoms with van der Waals surface area (Å²) in [6.45, 7) is 4.96. The van der Waals surface area contributed by atoms with Crippen LogP contribution in [0.1, 0.15) is 26.7 Å². The Morgan fingerprint density at radius 1 is 1.42 bits per heavy atom. The van der Waals surface area contributed by atoms with Crippen molar-refractivity contribution in [2.45, 2.75) is 32.7 Å². The van der Waals surface area contributed by atoms with Crippen LogP contribution in [0, 0.1) is 0 Å². The van der Waals surface area contributed by atoms with Crippen LogP contribution in [0.25, 0.3) is 0 Å². The van der Waals surface area contributed by atoms with E-state index in [1.165, 1.54) is 13.2 Å². The number of rotatable bonds is 7. The Morgan fingerprint density at radius 3 is 2.74 bits per heavy atom. The molecule has 0 aliphatic heterocycles. The zero-order chi connectivity index (χ0) is 14.3. The molecule has 0 bridgehead atoms. The fraction of sp³-hybridized carbons (Fsp3) is 0.500. The first kappa shape index (κ1) is 15.3. The molecular weight excluding hydrogens is 244 g/mol. The largest absolute Gasteiger partial charge is 0.504 e. The molecule has 0 aliphatic rings. The van der Waals surface area contributed by atoms with Gasteiger partial charge in [-0.25, -0.2) is 0 Å². The lowest BCUT2D eigenvalue weighted by molar-refractivity contribution is -0.116. The Balaban J connectivity index is 2.38. The first-order chi connectivity index (χ1) is 9.02. The first-order valence-electron chi connectivity index (χ1n) is 6.43. The molecule has 19 heavy (non-hydrogen) atoms. The maximum Gasteiger partial charge on any atom is 0.224 e. The summed E-state index contributed by atoms with van der Waals surface area (Å²) >= 11 is 0. The highest BCUT2D eigenvalue weighted by atomic mass is 16.5. The molecular formula is C14H22N2O3. The van der Waals surface area contributed by atoms with E-state index in [1.807, 2.05) is 0 Å². The smallest absolute Gasteiger partial charge is 0.224 e. The molecule has 0 spiro atoms. The predicted octanol–water partition coefficient (Wildman–Crippen LogP) is 2.12. The molecule has 0 unspecified atom stereocenters. The van der Waals surface area contributed by atoms with Gasteiger partial charge in [-0.1, -0.05) is 13.8 Å². The molecule has 106 valence electrons. The van der Waals surface area contributed by atoms with Crippen molar-refractivity contribution in [3.05, 3.63) is 18.2 Å². The van der Waals surface area contributed by atoms with Crippen molar-refractivity contribution in [1.82, 2.24) is 5.32 Å². The zero-order valence-electron chi connectivity index (χ0n) is 11.7. The zero-order valence-corrected chi connectivity index (χ0v) is 11.7. The molecule has 0 aliphatic carbocycles. The van der Waals surface area contributed by atoms with Gasteiger partial charge in [-0.15, -0.1) is 0 Å². The van der Waals surface area contributed by atoms with Gasteiger partial charge in [-0.05, 0) is 25.1 Å². The minimum atomic E-state index is -0.0601. The average molecular weight is 266 g/mol. The molecule has 1 amide bonds. The molecule has 3 N–H and O–H groups in total. The second-order valence-corrected chi connectivity index (χ2v) is 4.65. The normalized spacial score (nSPS) is 10.5. The lowest BCUT2D eigenvalue weighted by Crippen LogP contribution is -2.24. The highest BCUT2D eigenvalue weighted by molar-refractivity contribution is 5.91. The van der Waals surface area contributed by atoms with Gasteiger partial charge in [-0.2, -0.15) is 0 Å². The number of methoxy groups -OCH3 is 1. The minimum Gasteiger partial charge on any atom is -0.504 e. The van der Waals surface area contributed by atoms with E-state index in [9.17, 15) is 9.90 Å². The Morgan fingerprint density at radius 2 is 2.16 bits per heavy atom. The molecule has 5 heteroatoms. The van der Waals surface area contributed by atoms with Crippen LogP contribution >= 0.6 is 0 Å². The number of hydrogen-bond donors (Lipinski definition) is 3. The number of phenolic OH excluding ortho intramolecular Hbond substituents is 1. The van der Waals surface area contributed by atoms with E-state index in [4.69, 9.17) is 4.74 Å². The number of amides is 1. The van der Waals surface area contributed by atoms with Gasteiger partial charge in [0.15, 0.2) is 11.5 Å². The number of aromatic hydroxyl groups is 1. The van der Waals surface area contributed by atoms with E-state index < -0.39 is 0 Å². The molecule has 0 heterocycles. The second-order valence-electron chi connectivity index (χ2n) is 4.65. The number of phenols is 1. The molecule has 1 aromatic rings. The average Bonchev–Trinajstić information content (AvgIpc) is 2.35. The van der Waals surface area contributed by atoms with E-state index in [0.29, 0.717) is 23.9 Å². The topological polar surface area (TPSA) is 70.6 Å². The van der Waals surface area contributed by atoms with Crippen LogP contribution in [0.2, 0.25) is 0 Å². The summed E-state index contributed by atoms with van der Waals surface area (Å²) in [5.74, 6) is 0.344. The van der Waals surface area contributed by atoms with Crippen molar-refractivity contribution in [2.24, 2.45) is 0 Å². The Labute approximate surface area is 114 Å². The van der Waals surface area contributed by atoms with E-state index in [2.05, 4.69) is 24.5 Å². The third-order valence-corrected chi connectivity index (χ3v) is 2.60. The van der Waals surface area contributed by atoms with E-state index >= 15 is 0 Å². The molecule has 5 nitrogen and oxygen atoms in total. The Bertz CT molecular complexity index is 419. The SMILES string of the molecule is COc1ccc(NC(=O)CCCNC(C)C)cc1O. The lowest BCUT2D eigenvalue weighted by Gasteiger charge is -2.09. The third-order valence-electron chi connectivity index (χ3n) is 2.60. The molecule has 0 aromatic heterocycles. The summed E-state index contributed by atoms with van der Waals surface area (Å²) in [5, 5.41) is 15.6. The van der Waals surface area contributed by atoms with Crippen LogP contribution in [0.4, 0.5) is 5.69 Å². The first-order valence-corrected chi connectivity index (χ1v) is 6.43. The molecule has 1 rings (SSSR count). The van der Waals surface area contributed by atoms with Gasteiger partial charge in [-0.3, -0.25) is 4.79 Å². The Kier molecular flexibility index (Phi) is 6.15. The van der Waals surface area contributed by atoms with Crippen LogP contribution in [-0.2, 0) is 4.79 Å². The standard InChI is InChI=1S/C14H22N2O3/c1-10(2)15-8-4-5-14(18)16-11-6-7-13(19-3)12(17)9-11/h6-7,9-10,15,17H,4-5,8H2,1-3H3,(H,16,18). The second kappa shape index (κ2) is 7.63. The van der Waals surface area contributed by atoms with Gasteiger partial charge in [0.25, 0.3) is 0 Å². The number of anilines is 1. The van der Waals surface area contributed by atoms with Crippen molar-refractivity contribution in [3.8, 4) is 11.5 Å². The highest BCUT2D eigenvalue weighted by Gasteiger charge is 2.06. The number of nitrogens with one attached hydrogen (secondary N) is 2. The van der Waals surface area contributed by atoms with Gasteiger partial charge < -0.3 is 20.5 Å². The van der Waals surface area contributed by atoms with Gasteiger partial charge in [0, 0.05) is 24.2 Å². The van der Waals surface area contributed by atoms with E-state index in [0.717, 1.165) is 13.0 Å². The predicted molar refractivity (Wildman–Crippen MR) is 75.7 cm³/mol.